The summed E-state index contributed by atoms with van der Waals surface area (Å²) in [7, 11) is -0.364. The first-order valence-electron chi connectivity index (χ1n) is 8.25. The molecule has 2 aliphatic rings. The molecule has 0 aliphatic carbocycles. The van der Waals surface area contributed by atoms with Gasteiger partial charge < -0.3 is 14.0 Å². The Labute approximate surface area is 138 Å². The van der Waals surface area contributed by atoms with E-state index in [1.165, 1.54) is 0 Å². The van der Waals surface area contributed by atoms with E-state index >= 15 is 0 Å². The molecule has 0 N–H and O–H groups in total. The molecule has 2 aliphatic heterocycles. The number of benzene rings is 1. The molecule has 0 spiro atoms. The number of carbonyl (C=O) groups excluding carboxylic acids is 1. The van der Waals surface area contributed by atoms with Crippen LogP contribution >= 0.6 is 0 Å². The van der Waals surface area contributed by atoms with Crippen LogP contribution in [0, 0.1) is 5.92 Å². The van der Waals surface area contributed by atoms with Crippen LogP contribution in [0.15, 0.2) is 24.3 Å². The fraction of sp³-hybridized carbons (Fsp3) is 0.611. The number of hydrogen-bond donors (Lipinski definition) is 0. The van der Waals surface area contributed by atoms with E-state index in [0.717, 1.165) is 11.0 Å². The van der Waals surface area contributed by atoms with Gasteiger partial charge in [-0.25, -0.2) is 0 Å². The van der Waals surface area contributed by atoms with E-state index in [1.807, 2.05) is 52.0 Å². The van der Waals surface area contributed by atoms with E-state index in [4.69, 9.17) is 14.0 Å². The molecule has 2 fully saturated rings. The molecule has 23 heavy (non-hydrogen) atoms. The van der Waals surface area contributed by atoms with Crippen LogP contribution < -0.4 is 5.46 Å². The van der Waals surface area contributed by atoms with Gasteiger partial charge in [-0.3, -0.25) is 4.79 Å². The Morgan fingerprint density at radius 2 is 1.61 bits per heavy atom. The molecule has 0 aromatic heterocycles. The van der Waals surface area contributed by atoms with Crippen molar-refractivity contribution in [1.29, 1.82) is 0 Å². The lowest BCUT2D eigenvalue weighted by molar-refractivity contribution is -0.125. The zero-order valence-electron chi connectivity index (χ0n) is 14.6. The number of Topliss-reactive ketones (excluding diaryl/α,β-unsaturated/α-hetero) is 1. The molecule has 0 amide bonds. The molecule has 124 valence electrons. The van der Waals surface area contributed by atoms with Gasteiger partial charge in [0, 0.05) is 11.8 Å². The van der Waals surface area contributed by atoms with E-state index in [-0.39, 0.29) is 30.0 Å². The third-order valence-corrected chi connectivity index (χ3v) is 5.39. The molecule has 3 rings (SSSR count). The van der Waals surface area contributed by atoms with Crippen molar-refractivity contribution in [2.24, 2.45) is 5.92 Å². The van der Waals surface area contributed by atoms with Crippen molar-refractivity contribution in [2.75, 3.05) is 13.2 Å². The van der Waals surface area contributed by atoms with Crippen LogP contribution in [-0.2, 0) is 18.8 Å². The zero-order chi connectivity index (χ0) is 16.8. The van der Waals surface area contributed by atoms with Crippen LogP contribution in [0.25, 0.3) is 0 Å². The average Bonchev–Trinajstić information content (AvgIpc) is 2.62. The molecule has 0 bridgehead atoms. The Morgan fingerprint density at radius 3 is 2.00 bits per heavy atom. The molecule has 1 aromatic rings. The Balaban J connectivity index is 1.79. The van der Waals surface area contributed by atoms with Gasteiger partial charge in [-0.1, -0.05) is 24.3 Å². The van der Waals surface area contributed by atoms with Crippen LogP contribution in [0.3, 0.4) is 0 Å². The minimum atomic E-state index is -0.364. The molecule has 0 saturated carbocycles. The monoisotopic (exact) mass is 316 g/mol. The van der Waals surface area contributed by atoms with Crippen LogP contribution in [0.4, 0.5) is 0 Å². The van der Waals surface area contributed by atoms with E-state index in [0.29, 0.717) is 19.1 Å². The highest BCUT2D eigenvalue weighted by Gasteiger charge is 2.51. The Hall–Kier alpha value is -1.17. The van der Waals surface area contributed by atoms with Crippen molar-refractivity contribution in [3.63, 3.8) is 0 Å². The molecular weight excluding hydrogens is 291 g/mol. The predicted molar refractivity (Wildman–Crippen MR) is 89.9 cm³/mol. The lowest BCUT2D eigenvalue weighted by atomic mass is 9.76. The molecule has 0 radical (unpaired) electrons. The Morgan fingerprint density at radius 1 is 1.09 bits per heavy atom. The minimum Gasteiger partial charge on any atom is -0.399 e. The third kappa shape index (κ3) is 2.98. The Kier molecular flexibility index (Phi) is 4.15. The fourth-order valence-electron chi connectivity index (χ4n) is 3.12. The highest BCUT2D eigenvalue weighted by Crippen LogP contribution is 2.36. The van der Waals surface area contributed by atoms with Crippen LogP contribution in [0.5, 0.6) is 0 Å². The van der Waals surface area contributed by atoms with Crippen molar-refractivity contribution < 1.29 is 18.8 Å². The summed E-state index contributed by atoms with van der Waals surface area (Å²) in [6.45, 7) is 11.2. The minimum absolute atomic E-state index is 0.0731. The lowest BCUT2D eigenvalue weighted by Gasteiger charge is -2.32. The van der Waals surface area contributed by atoms with E-state index in [1.54, 1.807) is 6.92 Å². The number of rotatable bonds is 4. The highest BCUT2D eigenvalue weighted by molar-refractivity contribution is 6.62. The maximum Gasteiger partial charge on any atom is 0.494 e. The molecule has 1 unspecified atom stereocenters. The van der Waals surface area contributed by atoms with Crippen LogP contribution in [0.2, 0.25) is 0 Å². The fourth-order valence-corrected chi connectivity index (χ4v) is 3.12. The summed E-state index contributed by atoms with van der Waals surface area (Å²) in [5.41, 5.74) is 1.34. The van der Waals surface area contributed by atoms with Gasteiger partial charge in [0.1, 0.15) is 5.78 Å². The largest absolute Gasteiger partial charge is 0.494 e. The zero-order valence-corrected chi connectivity index (χ0v) is 14.6. The van der Waals surface area contributed by atoms with Gasteiger partial charge in [0.25, 0.3) is 0 Å². The van der Waals surface area contributed by atoms with Gasteiger partial charge in [-0.15, -0.1) is 0 Å². The van der Waals surface area contributed by atoms with Crippen molar-refractivity contribution in [3.05, 3.63) is 29.8 Å². The number of ketones is 1. The highest BCUT2D eigenvalue weighted by atomic mass is 16.7. The molecule has 2 heterocycles. The van der Waals surface area contributed by atoms with Crippen molar-refractivity contribution in [3.8, 4) is 0 Å². The summed E-state index contributed by atoms with van der Waals surface area (Å²) in [4.78, 5) is 12.0. The van der Waals surface area contributed by atoms with E-state index in [2.05, 4.69) is 0 Å². The smallest absolute Gasteiger partial charge is 0.399 e. The number of hydrogen-bond acceptors (Lipinski definition) is 4. The van der Waals surface area contributed by atoms with Gasteiger partial charge >= 0.3 is 7.12 Å². The molecule has 1 atom stereocenters. The van der Waals surface area contributed by atoms with Gasteiger partial charge in [0.05, 0.1) is 24.4 Å². The maximum atomic E-state index is 12.0. The van der Waals surface area contributed by atoms with Crippen molar-refractivity contribution >= 4 is 18.4 Å². The summed E-state index contributed by atoms with van der Waals surface area (Å²) in [5.74, 6) is 0.424. The standard InChI is InChI=1S/C18H25BO4/c1-12(20)16(14-10-21-11-14)13-6-8-15(9-7-13)19-22-17(2,3)18(4,5)23-19/h6-9,14,16H,10-11H2,1-5H3. The Bertz CT molecular complexity index is 574. The topological polar surface area (TPSA) is 44.8 Å². The quantitative estimate of drug-likeness (QED) is 0.800. The van der Waals surface area contributed by atoms with Crippen LogP contribution in [-0.4, -0.2) is 37.3 Å². The first-order chi connectivity index (χ1) is 10.7. The van der Waals surface area contributed by atoms with E-state index in [9.17, 15) is 4.79 Å². The molecule has 4 nitrogen and oxygen atoms in total. The summed E-state index contributed by atoms with van der Waals surface area (Å²) >= 11 is 0. The molecular formula is C18H25BO4. The predicted octanol–water partition coefficient (Wildman–Crippen LogP) is 2.30. The SMILES string of the molecule is CC(=O)C(c1ccc(B2OC(C)(C)C(C)(C)O2)cc1)C1COC1. The molecule has 1 aromatic carbocycles. The van der Waals surface area contributed by atoms with Crippen molar-refractivity contribution in [2.45, 2.75) is 51.7 Å². The van der Waals surface area contributed by atoms with Gasteiger partial charge in [-0.2, -0.15) is 0 Å². The summed E-state index contributed by atoms with van der Waals surface area (Å²) in [6.07, 6.45) is 0. The lowest BCUT2D eigenvalue weighted by Crippen LogP contribution is -2.41. The van der Waals surface area contributed by atoms with Gasteiger partial charge in [0.2, 0.25) is 0 Å². The summed E-state index contributed by atoms with van der Waals surface area (Å²) in [6, 6.07) is 8.05. The van der Waals surface area contributed by atoms with Gasteiger partial charge in [-0.05, 0) is 45.6 Å². The number of ether oxygens (including phenoxy) is 1. The second-order valence-corrected chi connectivity index (χ2v) is 7.64. The summed E-state index contributed by atoms with van der Waals surface area (Å²) in [5, 5.41) is 0. The average molecular weight is 316 g/mol. The molecule has 2 saturated heterocycles. The maximum absolute atomic E-state index is 12.0. The number of carbonyl (C=O) groups is 1. The second kappa shape index (κ2) is 5.73. The van der Waals surface area contributed by atoms with E-state index < -0.39 is 0 Å². The summed E-state index contributed by atoms with van der Waals surface area (Å²) < 4.78 is 17.4. The van der Waals surface area contributed by atoms with Crippen LogP contribution in [0.1, 0.15) is 46.1 Å². The second-order valence-electron chi connectivity index (χ2n) is 7.64. The first kappa shape index (κ1) is 16.7. The van der Waals surface area contributed by atoms with Gasteiger partial charge in [0.15, 0.2) is 0 Å². The van der Waals surface area contributed by atoms with Crippen molar-refractivity contribution in [1.82, 2.24) is 0 Å². The normalized spacial score (nSPS) is 24.3. The molecule has 5 heteroatoms. The third-order valence-electron chi connectivity index (χ3n) is 5.39. The first-order valence-corrected chi connectivity index (χ1v) is 8.25.